The van der Waals surface area contributed by atoms with E-state index < -0.39 is 5.54 Å². The first-order chi connectivity index (χ1) is 6.10. The van der Waals surface area contributed by atoms with Gasteiger partial charge in [0.15, 0.2) is 0 Å². The number of nitrogens with two attached hydrogens (primary N) is 2. The highest BCUT2D eigenvalue weighted by Crippen LogP contribution is 2.16. The minimum absolute atomic E-state index is 0. The monoisotopic (exact) mass is 211 g/mol. The van der Waals surface area contributed by atoms with Crippen LogP contribution in [0.5, 0.6) is 0 Å². The summed E-state index contributed by atoms with van der Waals surface area (Å²) in [4.78, 5) is 0. The molecular weight excluding hydrogens is 198 g/mol. The molecule has 1 rings (SSSR count). The van der Waals surface area contributed by atoms with Crippen molar-refractivity contribution < 1.29 is 0 Å². The van der Waals surface area contributed by atoms with Gasteiger partial charge in [0.1, 0.15) is 5.54 Å². The number of hydrogen-bond donors (Lipinski definition) is 2. The minimum Gasteiger partial charge on any atom is -0.326 e. The van der Waals surface area contributed by atoms with Gasteiger partial charge < -0.3 is 11.5 Å². The lowest BCUT2D eigenvalue weighted by atomic mass is 9.94. The molecule has 0 bridgehead atoms. The molecule has 0 aliphatic carbocycles. The van der Waals surface area contributed by atoms with Gasteiger partial charge >= 0.3 is 0 Å². The molecule has 0 aromatic heterocycles. The lowest BCUT2D eigenvalue weighted by Crippen LogP contribution is -2.30. The molecule has 0 spiro atoms. The van der Waals surface area contributed by atoms with Crippen LogP contribution in [0.1, 0.15) is 18.1 Å². The summed E-state index contributed by atoms with van der Waals surface area (Å²) in [6.07, 6.45) is 0. The maximum atomic E-state index is 8.77. The molecule has 0 amide bonds. The van der Waals surface area contributed by atoms with Crippen molar-refractivity contribution >= 4 is 12.4 Å². The summed E-state index contributed by atoms with van der Waals surface area (Å²) in [5, 5.41) is 8.77. The number of hydrogen-bond acceptors (Lipinski definition) is 3. The molecule has 0 saturated carbocycles. The van der Waals surface area contributed by atoms with E-state index in [9.17, 15) is 0 Å². The first-order valence-corrected chi connectivity index (χ1v) is 4.10. The third kappa shape index (κ3) is 2.71. The molecule has 0 heterocycles. The van der Waals surface area contributed by atoms with E-state index in [2.05, 4.69) is 0 Å². The third-order valence-corrected chi connectivity index (χ3v) is 2.02. The molecule has 0 radical (unpaired) electrons. The van der Waals surface area contributed by atoms with Gasteiger partial charge in [-0.1, -0.05) is 24.3 Å². The van der Waals surface area contributed by atoms with Crippen LogP contribution >= 0.6 is 12.4 Å². The molecular formula is C10H14ClN3. The number of benzene rings is 1. The smallest absolute Gasteiger partial charge is 0.126 e. The Kier molecular flexibility index (Phi) is 4.58. The number of nitriles is 1. The predicted octanol–water partition coefficient (Wildman–Crippen LogP) is 1.26. The maximum absolute atomic E-state index is 8.77. The SMILES string of the molecule is CC(N)(C#N)c1ccc(CN)cc1.Cl. The predicted molar refractivity (Wildman–Crippen MR) is 58.7 cm³/mol. The zero-order valence-corrected chi connectivity index (χ0v) is 8.84. The van der Waals surface area contributed by atoms with Gasteiger partial charge in [-0.05, 0) is 18.1 Å². The third-order valence-electron chi connectivity index (χ3n) is 2.02. The Balaban J connectivity index is 0.00000169. The van der Waals surface area contributed by atoms with Crippen molar-refractivity contribution in [1.82, 2.24) is 0 Å². The Labute approximate surface area is 90.1 Å². The molecule has 0 saturated heterocycles. The summed E-state index contributed by atoms with van der Waals surface area (Å²) >= 11 is 0. The second-order valence-electron chi connectivity index (χ2n) is 3.22. The van der Waals surface area contributed by atoms with Crippen molar-refractivity contribution in [2.24, 2.45) is 11.5 Å². The van der Waals surface area contributed by atoms with E-state index in [1.165, 1.54) is 0 Å². The number of nitrogens with zero attached hydrogens (tertiary/aromatic N) is 1. The fourth-order valence-corrected chi connectivity index (χ4v) is 1.05. The van der Waals surface area contributed by atoms with E-state index in [1.54, 1.807) is 6.92 Å². The summed E-state index contributed by atoms with van der Waals surface area (Å²) < 4.78 is 0. The second-order valence-corrected chi connectivity index (χ2v) is 3.22. The molecule has 76 valence electrons. The van der Waals surface area contributed by atoms with Crippen molar-refractivity contribution in [3.05, 3.63) is 35.4 Å². The van der Waals surface area contributed by atoms with E-state index in [-0.39, 0.29) is 12.4 Å². The van der Waals surface area contributed by atoms with Crippen LogP contribution < -0.4 is 11.5 Å². The maximum Gasteiger partial charge on any atom is 0.126 e. The molecule has 4 heteroatoms. The highest BCUT2D eigenvalue weighted by atomic mass is 35.5. The second kappa shape index (κ2) is 4.97. The van der Waals surface area contributed by atoms with Crippen molar-refractivity contribution in [2.45, 2.75) is 19.0 Å². The summed E-state index contributed by atoms with van der Waals surface area (Å²) in [5.41, 5.74) is 12.1. The largest absolute Gasteiger partial charge is 0.326 e. The average molecular weight is 212 g/mol. The van der Waals surface area contributed by atoms with Gasteiger partial charge in [-0.15, -0.1) is 12.4 Å². The summed E-state index contributed by atoms with van der Waals surface area (Å²) in [6, 6.07) is 9.49. The molecule has 1 aromatic carbocycles. The molecule has 14 heavy (non-hydrogen) atoms. The molecule has 0 aliphatic heterocycles. The molecule has 1 unspecified atom stereocenters. The Bertz CT molecular complexity index is 324. The zero-order valence-electron chi connectivity index (χ0n) is 8.03. The Hall–Kier alpha value is -1.08. The normalized spacial score (nSPS) is 13.6. The van der Waals surface area contributed by atoms with Crippen LogP contribution in [-0.4, -0.2) is 0 Å². The van der Waals surface area contributed by atoms with Gasteiger partial charge in [0.05, 0.1) is 6.07 Å². The van der Waals surface area contributed by atoms with Gasteiger partial charge in [0.25, 0.3) is 0 Å². The average Bonchev–Trinajstić information content (AvgIpc) is 2.18. The molecule has 1 aromatic rings. The Morgan fingerprint density at radius 1 is 1.36 bits per heavy atom. The van der Waals surface area contributed by atoms with E-state index in [1.807, 2.05) is 30.3 Å². The lowest BCUT2D eigenvalue weighted by molar-refractivity contribution is 0.646. The van der Waals surface area contributed by atoms with Crippen LogP contribution in [0.25, 0.3) is 0 Å². The standard InChI is InChI=1S/C10H13N3.ClH/c1-10(13,7-12)9-4-2-8(6-11)3-5-9;/h2-5H,6,11,13H2,1H3;1H. The van der Waals surface area contributed by atoms with Crippen molar-refractivity contribution in [3.8, 4) is 6.07 Å². The van der Waals surface area contributed by atoms with E-state index in [4.69, 9.17) is 16.7 Å². The fraction of sp³-hybridized carbons (Fsp3) is 0.300. The van der Waals surface area contributed by atoms with Crippen molar-refractivity contribution in [1.29, 1.82) is 5.26 Å². The van der Waals surface area contributed by atoms with E-state index >= 15 is 0 Å². The number of halogens is 1. The molecule has 4 N–H and O–H groups in total. The lowest BCUT2D eigenvalue weighted by Gasteiger charge is -2.15. The Morgan fingerprint density at radius 3 is 2.21 bits per heavy atom. The van der Waals surface area contributed by atoms with E-state index in [0.29, 0.717) is 6.54 Å². The van der Waals surface area contributed by atoms with E-state index in [0.717, 1.165) is 11.1 Å². The van der Waals surface area contributed by atoms with Crippen molar-refractivity contribution in [2.75, 3.05) is 0 Å². The topological polar surface area (TPSA) is 75.8 Å². The molecule has 0 aliphatic rings. The van der Waals surface area contributed by atoms with Crippen molar-refractivity contribution in [3.63, 3.8) is 0 Å². The summed E-state index contributed by atoms with van der Waals surface area (Å²) in [7, 11) is 0. The summed E-state index contributed by atoms with van der Waals surface area (Å²) in [5.74, 6) is 0. The van der Waals surface area contributed by atoms with Crippen LogP contribution in [0.3, 0.4) is 0 Å². The zero-order chi connectivity index (χ0) is 9.90. The van der Waals surface area contributed by atoms with Gasteiger partial charge in [0, 0.05) is 6.54 Å². The minimum atomic E-state index is -0.910. The molecule has 1 atom stereocenters. The molecule has 3 nitrogen and oxygen atoms in total. The van der Waals surface area contributed by atoms with Crippen LogP contribution in [0.2, 0.25) is 0 Å². The van der Waals surface area contributed by atoms with Crippen LogP contribution in [0, 0.1) is 11.3 Å². The quantitative estimate of drug-likeness (QED) is 0.774. The fourth-order valence-electron chi connectivity index (χ4n) is 1.05. The molecule has 0 fully saturated rings. The van der Waals surface area contributed by atoms with Gasteiger partial charge in [-0.3, -0.25) is 0 Å². The van der Waals surface area contributed by atoms with Crippen LogP contribution in [-0.2, 0) is 12.1 Å². The van der Waals surface area contributed by atoms with Crippen LogP contribution in [0.4, 0.5) is 0 Å². The first kappa shape index (κ1) is 12.9. The van der Waals surface area contributed by atoms with Gasteiger partial charge in [0.2, 0.25) is 0 Å². The first-order valence-electron chi connectivity index (χ1n) is 4.10. The highest BCUT2D eigenvalue weighted by molar-refractivity contribution is 5.85. The number of rotatable bonds is 2. The van der Waals surface area contributed by atoms with Gasteiger partial charge in [-0.2, -0.15) is 5.26 Å². The Morgan fingerprint density at radius 2 is 1.86 bits per heavy atom. The van der Waals surface area contributed by atoms with Crippen LogP contribution in [0.15, 0.2) is 24.3 Å². The highest BCUT2D eigenvalue weighted by Gasteiger charge is 2.19. The summed E-state index contributed by atoms with van der Waals surface area (Å²) in [6.45, 7) is 2.19. The van der Waals surface area contributed by atoms with Gasteiger partial charge in [-0.25, -0.2) is 0 Å².